The third-order valence-electron chi connectivity index (χ3n) is 1.88. The van der Waals surface area contributed by atoms with Crippen molar-refractivity contribution in [2.45, 2.75) is 25.3 Å². The minimum atomic E-state index is -0.192. The van der Waals surface area contributed by atoms with Crippen molar-refractivity contribution in [3.63, 3.8) is 0 Å². The van der Waals surface area contributed by atoms with Gasteiger partial charge < -0.3 is 11.5 Å². The molecule has 1 aliphatic carbocycles. The van der Waals surface area contributed by atoms with Crippen molar-refractivity contribution in [1.29, 1.82) is 0 Å². The molecule has 0 aromatic carbocycles. The van der Waals surface area contributed by atoms with Gasteiger partial charge in [0.05, 0.1) is 0 Å². The molecule has 1 saturated carbocycles. The number of rotatable bonds is 1. The zero-order valence-corrected chi connectivity index (χ0v) is 5.34. The Hall–Kier alpha value is -0.570. The maximum Gasteiger partial charge on any atom is 0.220 e. The third kappa shape index (κ3) is 1.42. The summed E-state index contributed by atoms with van der Waals surface area (Å²) in [6.07, 6.45) is 2.62. The predicted octanol–water partition coefficient (Wildman–Crippen LogP) is -0.401. The summed E-state index contributed by atoms with van der Waals surface area (Å²) in [6.45, 7) is 0. The second-order valence-electron chi connectivity index (χ2n) is 2.67. The standard InChI is InChI=1S/C6H12N2O/c7-5-2-1-4(3-5)6(8)9/h4-5H,1-3,7H2,(H2,8,9)/t4-,5+/m0/s1. The van der Waals surface area contributed by atoms with E-state index in [-0.39, 0.29) is 17.9 Å². The SMILES string of the molecule is NC(=O)[C@H]1CC[C@@H](N)C1. The van der Waals surface area contributed by atoms with Crippen LogP contribution in [0.3, 0.4) is 0 Å². The second kappa shape index (κ2) is 2.35. The van der Waals surface area contributed by atoms with E-state index in [1.165, 1.54) is 0 Å². The molecule has 0 aromatic heterocycles. The van der Waals surface area contributed by atoms with E-state index in [4.69, 9.17) is 11.5 Å². The van der Waals surface area contributed by atoms with E-state index in [9.17, 15) is 4.79 Å². The van der Waals surface area contributed by atoms with Crippen molar-refractivity contribution in [1.82, 2.24) is 0 Å². The fraction of sp³-hybridized carbons (Fsp3) is 0.833. The molecule has 0 heterocycles. The minimum Gasteiger partial charge on any atom is -0.369 e. The highest BCUT2D eigenvalue weighted by atomic mass is 16.1. The summed E-state index contributed by atoms with van der Waals surface area (Å²) in [5, 5.41) is 0. The minimum absolute atomic E-state index is 0.0556. The van der Waals surface area contributed by atoms with Gasteiger partial charge in [-0.3, -0.25) is 4.79 Å². The molecule has 0 radical (unpaired) electrons. The van der Waals surface area contributed by atoms with E-state index < -0.39 is 0 Å². The van der Waals surface area contributed by atoms with Gasteiger partial charge in [-0.15, -0.1) is 0 Å². The summed E-state index contributed by atoms with van der Waals surface area (Å²) >= 11 is 0. The average molecular weight is 128 g/mol. The van der Waals surface area contributed by atoms with E-state index >= 15 is 0 Å². The van der Waals surface area contributed by atoms with Crippen LogP contribution >= 0.6 is 0 Å². The molecule has 1 fully saturated rings. The number of nitrogens with two attached hydrogens (primary N) is 2. The van der Waals surface area contributed by atoms with E-state index in [0.717, 1.165) is 19.3 Å². The van der Waals surface area contributed by atoms with Crippen LogP contribution in [0.1, 0.15) is 19.3 Å². The highest BCUT2D eigenvalue weighted by molar-refractivity contribution is 5.76. The monoisotopic (exact) mass is 128 g/mol. The van der Waals surface area contributed by atoms with Crippen LogP contribution in [0.25, 0.3) is 0 Å². The molecule has 3 heteroatoms. The van der Waals surface area contributed by atoms with E-state index in [2.05, 4.69) is 0 Å². The van der Waals surface area contributed by atoms with Crippen LogP contribution < -0.4 is 11.5 Å². The molecular formula is C6H12N2O. The van der Waals surface area contributed by atoms with Crippen LogP contribution in [0.5, 0.6) is 0 Å². The Balaban J connectivity index is 2.39. The Morgan fingerprint density at radius 2 is 2.11 bits per heavy atom. The molecule has 3 nitrogen and oxygen atoms in total. The lowest BCUT2D eigenvalue weighted by atomic mass is 10.1. The molecule has 9 heavy (non-hydrogen) atoms. The quantitative estimate of drug-likeness (QED) is 0.504. The Kier molecular flexibility index (Phi) is 1.71. The number of carbonyl (C=O) groups excluding carboxylic acids is 1. The highest BCUT2D eigenvalue weighted by Crippen LogP contribution is 2.22. The molecular weight excluding hydrogens is 116 g/mol. The molecule has 52 valence electrons. The zero-order chi connectivity index (χ0) is 6.85. The van der Waals surface area contributed by atoms with Gasteiger partial charge in [-0.05, 0) is 19.3 Å². The maximum absolute atomic E-state index is 10.5. The summed E-state index contributed by atoms with van der Waals surface area (Å²) in [6, 6.07) is 0.211. The number of hydrogen-bond acceptors (Lipinski definition) is 2. The smallest absolute Gasteiger partial charge is 0.220 e. The number of carbonyl (C=O) groups is 1. The molecule has 0 unspecified atom stereocenters. The molecule has 1 aliphatic rings. The van der Waals surface area contributed by atoms with E-state index in [1.807, 2.05) is 0 Å². The first-order valence-corrected chi connectivity index (χ1v) is 3.25. The Morgan fingerprint density at radius 3 is 2.33 bits per heavy atom. The predicted molar refractivity (Wildman–Crippen MR) is 34.5 cm³/mol. The number of amides is 1. The molecule has 1 rings (SSSR count). The van der Waals surface area contributed by atoms with Crippen molar-refractivity contribution in [3.05, 3.63) is 0 Å². The summed E-state index contributed by atoms with van der Waals surface area (Å²) in [5.74, 6) is -0.136. The molecule has 0 spiro atoms. The molecule has 4 N–H and O–H groups in total. The lowest BCUT2D eigenvalue weighted by Crippen LogP contribution is -2.23. The van der Waals surface area contributed by atoms with Crippen LogP contribution in [0.15, 0.2) is 0 Å². The van der Waals surface area contributed by atoms with Crippen molar-refractivity contribution < 1.29 is 4.79 Å². The molecule has 0 bridgehead atoms. The molecule has 0 aliphatic heterocycles. The topological polar surface area (TPSA) is 69.1 Å². The fourth-order valence-electron chi connectivity index (χ4n) is 1.27. The third-order valence-corrected chi connectivity index (χ3v) is 1.88. The van der Waals surface area contributed by atoms with Crippen molar-refractivity contribution in [3.8, 4) is 0 Å². The number of hydrogen-bond donors (Lipinski definition) is 2. The normalized spacial score (nSPS) is 34.8. The largest absolute Gasteiger partial charge is 0.369 e. The van der Waals surface area contributed by atoms with Gasteiger partial charge in [0.25, 0.3) is 0 Å². The first kappa shape index (κ1) is 6.55. The van der Waals surface area contributed by atoms with Crippen LogP contribution in [-0.4, -0.2) is 11.9 Å². The molecule has 0 saturated heterocycles. The summed E-state index contributed by atoms with van der Waals surface area (Å²) in [5.41, 5.74) is 10.6. The van der Waals surface area contributed by atoms with Crippen LogP contribution in [0.4, 0.5) is 0 Å². The lowest BCUT2D eigenvalue weighted by Gasteiger charge is -2.01. The zero-order valence-electron chi connectivity index (χ0n) is 5.34. The van der Waals surface area contributed by atoms with Crippen molar-refractivity contribution >= 4 is 5.91 Å². The van der Waals surface area contributed by atoms with Gasteiger partial charge in [0.15, 0.2) is 0 Å². The Morgan fingerprint density at radius 1 is 1.44 bits per heavy atom. The summed E-state index contributed by atoms with van der Waals surface area (Å²) < 4.78 is 0. The van der Waals surface area contributed by atoms with Crippen LogP contribution in [0, 0.1) is 5.92 Å². The van der Waals surface area contributed by atoms with Gasteiger partial charge in [-0.25, -0.2) is 0 Å². The first-order chi connectivity index (χ1) is 4.20. The molecule has 0 aromatic rings. The summed E-state index contributed by atoms with van der Waals surface area (Å²) in [7, 11) is 0. The van der Waals surface area contributed by atoms with Gasteiger partial charge in [-0.2, -0.15) is 0 Å². The van der Waals surface area contributed by atoms with Gasteiger partial charge in [0.2, 0.25) is 5.91 Å². The Bertz CT molecular complexity index is 124. The van der Waals surface area contributed by atoms with Gasteiger partial charge >= 0.3 is 0 Å². The molecule has 1 amide bonds. The van der Waals surface area contributed by atoms with E-state index in [1.54, 1.807) is 0 Å². The van der Waals surface area contributed by atoms with Crippen molar-refractivity contribution in [2.75, 3.05) is 0 Å². The highest BCUT2D eigenvalue weighted by Gasteiger charge is 2.25. The van der Waals surface area contributed by atoms with Crippen LogP contribution in [0.2, 0.25) is 0 Å². The first-order valence-electron chi connectivity index (χ1n) is 3.25. The van der Waals surface area contributed by atoms with Gasteiger partial charge in [0.1, 0.15) is 0 Å². The fourth-order valence-corrected chi connectivity index (χ4v) is 1.27. The lowest BCUT2D eigenvalue weighted by molar-refractivity contribution is -0.121. The van der Waals surface area contributed by atoms with Gasteiger partial charge in [0, 0.05) is 12.0 Å². The van der Waals surface area contributed by atoms with Crippen molar-refractivity contribution in [2.24, 2.45) is 17.4 Å². The van der Waals surface area contributed by atoms with Crippen LogP contribution in [-0.2, 0) is 4.79 Å². The van der Waals surface area contributed by atoms with Gasteiger partial charge in [-0.1, -0.05) is 0 Å². The maximum atomic E-state index is 10.5. The Labute approximate surface area is 54.4 Å². The number of primary amides is 1. The summed E-state index contributed by atoms with van der Waals surface area (Å²) in [4.78, 5) is 10.5. The van der Waals surface area contributed by atoms with E-state index in [0.29, 0.717) is 0 Å². The molecule has 2 atom stereocenters. The second-order valence-corrected chi connectivity index (χ2v) is 2.67. The average Bonchev–Trinajstić information content (AvgIpc) is 2.14.